The summed E-state index contributed by atoms with van der Waals surface area (Å²) in [6, 6.07) is 11.0. The van der Waals surface area contributed by atoms with E-state index >= 15 is 0 Å². The fourth-order valence-electron chi connectivity index (χ4n) is 2.96. The lowest BCUT2D eigenvalue weighted by atomic mass is 10.1. The molecule has 0 N–H and O–H groups in total. The molecule has 26 heavy (non-hydrogen) atoms. The Labute approximate surface area is 151 Å². The summed E-state index contributed by atoms with van der Waals surface area (Å²) in [6.45, 7) is 3.60. The van der Waals surface area contributed by atoms with E-state index in [1.165, 1.54) is 6.07 Å². The SMILES string of the molecule is Cc1ccc(CC(=O)N2CCN(C(=O)c3ccc(F)c(F)c3)CC2)cc1. The first-order valence-corrected chi connectivity index (χ1v) is 8.51. The first-order valence-electron chi connectivity index (χ1n) is 8.51. The van der Waals surface area contributed by atoms with Crippen molar-refractivity contribution in [3.8, 4) is 0 Å². The van der Waals surface area contributed by atoms with Crippen LogP contribution in [-0.2, 0) is 11.2 Å². The molecule has 1 aliphatic rings. The molecule has 1 saturated heterocycles. The second-order valence-electron chi connectivity index (χ2n) is 6.46. The third kappa shape index (κ3) is 4.07. The van der Waals surface area contributed by atoms with Crippen LogP contribution in [-0.4, -0.2) is 47.8 Å². The number of amides is 2. The third-order valence-corrected chi connectivity index (χ3v) is 4.56. The van der Waals surface area contributed by atoms with Crippen LogP contribution in [0.4, 0.5) is 8.78 Å². The zero-order chi connectivity index (χ0) is 18.7. The van der Waals surface area contributed by atoms with Gasteiger partial charge in [-0.2, -0.15) is 0 Å². The van der Waals surface area contributed by atoms with E-state index in [-0.39, 0.29) is 17.4 Å². The van der Waals surface area contributed by atoms with Crippen LogP contribution in [0.1, 0.15) is 21.5 Å². The zero-order valence-corrected chi connectivity index (χ0v) is 14.5. The second kappa shape index (κ2) is 7.64. The average Bonchev–Trinajstić information content (AvgIpc) is 2.65. The molecule has 0 atom stereocenters. The maximum atomic E-state index is 13.3. The number of aryl methyl sites for hydroxylation is 1. The highest BCUT2D eigenvalue weighted by atomic mass is 19.2. The molecule has 0 unspecified atom stereocenters. The summed E-state index contributed by atoms with van der Waals surface area (Å²) >= 11 is 0. The highest BCUT2D eigenvalue weighted by molar-refractivity contribution is 5.94. The molecule has 0 aliphatic carbocycles. The number of hydrogen-bond donors (Lipinski definition) is 0. The van der Waals surface area contributed by atoms with Gasteiger partial charge in [-0.3, -0.25) is 9.59 Å². The van der Waals surface area contributed by atoms with Crippen molar-refractivity contribution >= 4 is 11.8 Å². The molecule has 1 fully saturated rings. The third-order valence-electron chi connectivity index (χ3n) is 4.56. The predicted molar refractivity (Wildman–Crippen MR) is 93.7 cm³/mol. The van der Waals surface area contributed by atoms with Crippen LogP contribution in [0.25, 0.3) is 0 Å². The Morgan fingerprint density at radius 3 is 2.12 bits per heavy atom. The Morgan fingerprint density at radius 1 is 0.885 bits per heavy atom. The smallest absolute Gasteiger partial charge is 0.254 e. The molecule has 2 aromatic rings. The number of halogens is 2. The van der Waals surface area contributed by atoms with Crippen molar-refractivity contribution in [3.63, 3.8) is 0 Å². The molecular formula is C20H20F2N2O2. The maximum Gasteiger partial charge on any atom is 0.254 e. The van der Waals surface area contributed by atoms with E-state index in [1.807, 2.05) is 31.2 Å². The van der Waals surface area contributed by atoms with Crippen LogP contribution in [0, 0.1) is 18.6 Å². The van der Waals surface area contributed by atoms with Crippen molar-refractivity contribution in [3.05, 3.63) is 70.8 Å². The largest absolute Gasteiger partial charge is 0.339 e. The molecule has 2 aromatic carbocycles. The van der Waals surface area contributed by atoms with Gasteiger partial charge >= 0.3 is 0 Å². The Morgan fingerprint density at radius 2 is 1.50 bits per heavy atom. The molecule has 136 valence electrons. The highest BCUT2D eigenvalue weighted by Crippen LogP contribution is 2.14. The minimum Gasteiger partial charge on any atom is -0.339 e. The summed E-state index contributed by atoms with van der Waals surface area (Å²) < 4.78 is 26.3. The van der Waals surface area contributed by atoms with Gasteiger partial charge in [-0.1, -0.05) is 29.8 Å². The summed E-state index contributed by atoms with van der Waals surface area (Å²) in [7, 11) is 0. The molecule has 0 radical (unpaired) electrons. The van der Waals surface area contributed by atoms with Crippen LogP contribution in [0.3, 0.4) is 0 Å². The Hall–Kier alpha value is -2.76. The van der Waals surface area contributed by atoms with Gasteiger partial charge in [0.2, 0.25) is 5.91 Å². The van der Waals surface area contributed by atoms with E-state index in [0.717, 1.165) is 23.3 Å². The van der Waals surface area contributed by atoms with Gasteiger partial charge in [-0.05, 0) is 30.7 Å². The molecule has 0 bridgehead atoms. The van der Waals surface area contributed by atoms with E-state index in [4.69, 9.17) is 0 Å². The van der Waals surface area contributed by atoms with Gasteiger partial charge in [-0.25, -0.2) is 8.78 Å². The van der Waals surface area contributed by atoms with Crippen LogP contribution >= 0.6 is 0 Å². The molecule has 0 spiro atoms. The number of rotatable bonds is 3. The van der Waals surface area contributed by atoms with Gasteiger partial charge in [0.25, 0.3) is 5.91 Å². The van der Waals surface area contributed by atoms with Crippen LogP contribution in [0.15, 0.2) is 42.5 Å². The first kappa shape index (κ1) is 18.0. The predicted octanol–water partition coefficient (Wildman–Crippen LogP) is 2.80. The van der Waals surface area contributed by atoms with Gasteiger partial charge in [0.05, 0.1) is 6.42 Å². The summed E-state index contributed by atoms with van der Waals surface area (Å²) in [5, 5.41) is 0. The molecule has 2 amide bonds. The van der Waals surface area contributed by atoms with Gasteiger partial charge in [0.1, 0.15) is 0 Å². The topological polar surface area (TPSA) is 40.6 Å². The van der Waals surface area contributed by atoms with Crippen LogP contribution < -0.4 is 0 Å². The lowest BCUT2D eigenvalue weighted by Gasteiger charge is -2.35. The van der Waals surface area contributed by atoms with E-state index in [2.05, 4.69) is 0 Å². The minimum absolute atomic E-state index is 0.0220. The number of piperazine rings is 1. The minimum atomic E-state index is -1.04. The van der Waals surface area contributed by atoms with E-state index in [1.54, 1.807) is 9.80 Å². The van der Waals surface area contributed by atoms with E-state index < -0.39 is 11.6 Å². The summed E-state index contributed by atoms with van der Waals surface area (Å²) in [4.78, 5) is 28.1. The second-order valence-corrected chi connectivity index (χ2v) is 6.46. The molecule has 1 heterocycles. The Kier molecular flexibility index (Phi) is 5.30. The number of benzene rings is 2. The molecular weight excluding hydrogens is 338 g/mol. The van der Waals surface area contributed by atoms with E-state index in [9.17, 15) is 18.4 Å². The normalized spacial score (nSPS) is 14.4. The van der Waals surface area contributed by atoms with Gasteiger partial charge < -0.3 is 9.80 Å². The Balaban J connectivity index is 1.56. The first-order chi connectivity index (χ1) is 12.4. The van der Waals surface area contributed by atoms with Crippen molar-refractivity contribution in [1.29, 1.82) is 0 Å². The van der Waals surface area contributed by atoms with Crippen molar-refractivity contribution in [2.24, 2.45) is 0 Å². The molecule has 0 saturated carbocycles. The maximum absolute atomic E-state index is 13.3. The number of carbonyl (C=O) groups is 2. The van der Waals surface area contributed by atoms with Crippen LogP contribution in [0.2, 0.25) is 0 Å². The van der Waals surface area contributed by atoms with Crippen LogP contribution in [0.5, 0.6) is 0 Å². The van der Waals surface area contributed by atoms with Crippen molar-refractivity contribution in [2.75, 3.05) is 26.2 Å². The van der Waals surface area contributed by atoms with Gasteiger partial charge in [0, 0.05) is 31.7 Å². The Bertz CT molecular complexity index is 813. The lowest BCUT2D eigenvalue weighted by Crippen LogP contribution is -2.51. The standard InChI is InChI=1S/C20H20F2N2O2/c1-14-2-4-15(5-3-14)12-19(25)23-8-10-24(11-9-23)20(26)16-6-7-17(21)18(22)13-16/h2-7,13H,8-12H2,1H3. The lowest BCUT2D eigenvalue weighted by molar-refractivity contribution is -0.131. The molecule has 0 aromatic heterocycles. The molecule has 4 nitrogen and oxygen atoms in total. The number of nitrogens with zero attached hydrogens (tertiary/aromatic N) is 2. The summed E-state index contributed by atoms with van der Waals surface area (Å²) in [5.41, 5.74) is 2.22. The summed E-state index contributed by atoms with van der Waals surface area (Å²) in [6.07, 6.45) is 0.331. The van der Waals surface area contributed by atoms with Crippen molar-refractivity contribution in [1.82, 2.24) is 9.80 Å². The van der Waals surface area contributed by atoms with Gasteiger partial charge in [0.15, 0.2) is 11.6 Å². The van der Waals surface area contributed by atoms with Gasteiger partial charge in [-0.15, -0.1) is 0 Å². The molecule has 3 rings (SSSR count). The monoisotopic (exact) mass is 358 g/mol. The zero-order valence-electron chi connectivity index (χ0n) is 14.5. The number of hydrogen-bond acceptors (Lipinski definition) is 2. The van der Waals surface area contributed by atoms with Crippen molar-refractivity contribution in [2.45, 2.75) is 13.3 Å². The number of carbonyl (C=O) groups excluding carboxylic acids is 2. The fourth-order valence-corrected chi connectivity index (χ4v) is 2.96. The van der Waals surface area contributed by atoms with E-state index in [0.29, 0.717) is 32.6 Å². The average molecular weight is 358 g/mol. The quantitative estimate of drug-likeness (QED) is 0.847. The summed E-state index contributed by atoms with van der Waals surface area (Å²) in [5.74, 6) is -2.35. The highest BCUT2D eigenvalue weighted by Gasteiger charge is 2.25. The van der Waals surface area contributed by atoms with Crippen molar-refractivity contribution < 1.29 is 18.4 Å². The fraction of sp³-hybridized carbons (Fsp3) is 0.300. The molecule has 6 heteroatoms. The molecule has 1 aliphatic heterocycles.